The molecule has 18 heavy (non-hydrogen) atoms. The van der Waals surface area contributed by atoms with Crippen molar-refractivity contribution in [1.29, 1.82) is 0 Å². The van der Waals surface area contributed by atoms with Crippen LogP contribution in [0.1, 0.15) is 30.4 Å². The predicted octanol–water partition coefficient (Wildman–Crippen LogP) is 2.05. The van der Waals surface area contributed by atoms with Crippen molar-refractivity contribution in [2.24, 2.45) is 11.0 Å². The summed E-state index contributed by atoms with van der Waals surface area (Å²) in [4.78, 5) is 23.6. The van der Waals surface area contributed by atoms with Gasteiger partial charge in [-0.2, -0.15) is 5.10 Å². The van der Waals surface area contributed by atoms with Crippen LogP contribution in [0.2, 0.25) is 0 Å². The zero-order chi connectivity index (χ0) is 13.5. The molecule has 0 radical (unpaired) electrons. The number of hydrogen-bond acceptors (Lipinski definition) is 5. The minimum absolute atomic E-state index is 0.277. The van der Waals surface area contributed by atoms with E-state index in [1.807, 2.05) is 5.38 Å². The summed E-state index contributed by atoms with van der Waals surface area (Å²) < 4.78 is 4.87. The maximum Gasteiger partial charge on any atom is 0.314 e. The third kappa shape index (κ3) is 3.96. The molecule has 5 nitrogen and oxygen atoms in total. The van der Waals surface area contributed by atoms with Gasteiger partial charge in [0.1, 0.15) is 0 Å². The topological polar surface area (TPSA) is 67.8 Å². The monoisotopic (exact) mass is 268 g/mol. The van der Waals surface area contributed by atoms with Crippen molar-refractivity contribution in [3.8, 4) is 0 Å². The second-order valence-electron chi connectivity index (χ2n) is 3.65. The number of carbonyl (C=O) groups is 2. The number of nitrogens with zero attached hydrogens (tertiary/aromatic N) is 1. The maximum absolute atomic E-state index is 11.6. The molecule has 1 unspecified atom stereocenters. The van der Waals surface area contributed by atoms with Crippen LogP contribution in [0, 0.1) is 5.92 Å². The van der Waals surface area contributed by atoms with E-state index in [-0.39, 0.29) is 11.9 Å². The standard InChI is InChI=1S/C12H16N2O3S/c1-4-17-12(16)8(2)9(3)13-14-11(15)10-6-5-7-18-10/h5-8H,4H2,1-3H3,(H,14,15)/b13-9+. The highest BCUT2D eigenvalue weighted by Gasteiger charge is 2.17. The van der Waals surface area contributed by atoms with Gasteiger partial charge in [0.25, 0.3) is 5.91 Å². The fourth-order valence-corrected chi connectivity index (χ4v) is 1.75. The van der Waals surface area contributed by atoms with Gasteiger partial charge in [-0.3, -0.25) is 9.59 Å². The first-order valence-corrected chi connectivity index (χ1v) is 6.48. The molecule has 1 rings (SSSR count). The molecule has 0 saturated carbocycles. The molecule has 1 aromatic rings. The highest BCUT2D eigenvalue weighted by atomic mass is 32.1. The zero-order valence-electron chi connectivity index (χ0n) is 10.6. The van der Waals surface area contributed by atoms with E-state index in [9.17, 15) is 9.59 Å². The molecule has 0 spiro atoms. The van der Waals surface area contributed by atoms with E-state index in [2.05, 4.69) is 10.5 Å². The Labute approximate surface area is 110 Å². The summed E-state index contributed by atoms with van der Waals surface area (Å²) >= 11 is 1.33. The van der Waals surface area contributed by atoms with Crippen LogP contribution in [0.3, 0.4) is 0 Å². The minimum atomic E-state index is -0.464. The summed E-state index contributed by atoms with van der Waals surface area (Å²) in [6, 6.07) is 3.50. The van der Waals surface area contributed by atoms with Crippen LogP contribution in [0.15, 0.2) is 22.6 Å². The molecule has 6 heteroatoms. The second kappa shape index (κ2) is 6.90. The van der Waals surface area contributed by atoms with Gasteiger partial charge in [0.05, 0.1) is 17.4 Å². The summed E-state index contributed by atoms with van der Waals surface area (Å²) in [5.41, 5.74) is 2.93. The van der Waals surface area contributed by atoms with Crippen molar-refractivity contribution >= 4 is 28.9 Å². The van der Waals surface area contributed by atoms with Crippen molar-refractivity contribution in [3.63, 3.8) is 0 Å². The number of ether oxygens (including phenoxy) is 1. The van der Waals surface area contributed by atoms with E-state index in [0.717, 1.165) is 0 Å². The summed E-state index contributed by atoms with van der Waals surface area (Å²) in [6.07, 6.45) is 0. The molecule has 1 aromatic heterocycles. The first-order valence-electron chi connectivity index (χ1n) is 5.61. The Morgan fingerprint density at radius 3 is 2.83 bits per heavy atom. The van der Waals surface area contributed by atoms with Crippen LogP contribution in [0.5, 0.6) is 0 Å². The Balaban J connectivity index is 2.56. The van der Waals surface area contributed by atoms with Crippen LogP contribution in [0.4, 0.5) is 0 Å². The van der Waals surface area contributed by atoms with Crippen LogP contribution in [0.25, 0.3) is 0 Å². The van der Waals surface area contributed by atoms with Crippen LogP contribution >= 0.6 is 11.3 Å². The lowest BCUT2D eigenvalue weighted by molar-refractivity contribution is -0.145. The van der Waals surface area contributed by atoms with Gasteiger partial charge in [0, 0.05) is 5.71 Å². The van der Waals surface area contributed by atoms with Gasteiger partial charge in [-0.05, 0) is 32.2 Å². The molecule has 1 atom stereocenters. The Morgan fingerprint density at radius 2 is 2.28 bits per heavy atom. The van der Waals surface area contributed by atoms with E-state index in [1.165, 1.54) is 11.3 Å². The van der Waals surface area contributed by atoms with Crippen molar-refractivity contribution in [2.75, 3.05) is 6.61 Å². The Bertz CT molecular complexity index is 440. The van der Waals surface area contributed by atoms with Crippen LogP contribution < -0.4 is 5.43 Å². The normalized spacial score (nSPS) is 12.9. The molecule has 0 aliphatic rings. The number of nitrogens with one attached hydrogen (secondary N) is 1. The second-order valence-corrected chi connectivity index (χ2v) is 4.59. The Hall–Kier alpha value is -1.69. The quantitative estimate of drug-likeness (QED) is 0.505. The predicted molar refractivity (Wildman–Crippen MR) is 70.7 cm³/mol. The number of carbonyl (C=O) groups excluding carboxylic acids is 2. The number of esters is 1. The van der Waals surface area contributed by atoms with Gasteiger partial charge in [-0.15, -0.1) is 11.3 Å². The van der Waals surface area contributed by atoms with Gasteiger partial charge in [0.2, 0.25) is 0 Å². The van der Waals surface area contributed by atoms with Crippen molar-refractivity contribution in [1.82, 2.24) is 5.43 Å². The van der Waals surface area contributed by atoms with Crippen molar-refractivity contribution in [2.45, 2.75) is 20.8 Å². The van der Waals surface area contributed by atoms with Crippen molar-refractivity contribution in [3.05, 3.63) is 22.4 Å². The van der Waals surface area contributed by atoms with Gasteiger partial charge in [0.15, 0.2) is 0 Å². The van der Waals surface area contributed by atoms with Gasteiger partial charge >= 0.3 is 5.97 Å². The van der Waals surface area contributed by atoms with E-state index < -0.39 is 5.92 Å². The molecule has 0 aromatic carbocycles. The summed E-state index contributed by atoms with van der Waals surface area (Å²) in [5.74, 6) is -1.09. The molecule has 1 amide bonds. The van der Waals surface area contributed by atoms with Crippen molar-refractivity contribution < 1.29 is 14.3 Å². The fraction of sp³-hybridized carbons (Fsp3) is 0.417. The molecule has 0 aliphatic carbocycles. The lowest BCUT2D eigenvalue weighted by atomic mass is 10.1. The fourth-order valence-electron chi connectivity index (χ4n) is 1.14. The molecule has 0 bridgehead atoms. The molecule has 0 fully saturated rings. The smallest absolute Gasteiger partial charge is 0.314 e. The highest BCUT2D eigenvalue weighted by molar-refractivity contribution is 7.12. The molecule has 0 saturated heterocycles. The molecular weight excluding hydrogens is 252 g/mol. The van der Waals surface area contributed by atoms with Gasteiger partial charge < -0.3 is 4.74 Å². The van der Waals surface area contributed by atoms with Crippen LogP contribution in [-0.4, -0.2) is 24.2 Å². The molecule has 1 N–H and O–H groups in total. The minimum Gasteiger partial charge on any atom is -0.465 e. The SMILES string of the molecule is CCOC(=O)C(C)/C(C)=N/NC(=O)c1cccs1. The summed E-state index contributed by atoms with van der Waals surface area (Å²) in [5, 5.41) is 5.72. The average Bonchev–Trinajstić information content (AvgIpc) is 2.88. The third-order valence-corrected chi connectivity index (χ3v) is 3.21. The van der Waals surface area contributed by atoms with Gasteiger partial charge in [-0.25, -0.2) is 5.43 Å². The Morgan fingerprint density at radius 1 is 1.56 bits per heavy atom. The molecule has 98 valence electrons. The molecular formula is C12H16N2O3S. The number of rotatable bonds is 5. The average molecular weight is 268 g/mol. The number of thiophene rings is 1. The number of amides is 1. The van der Waals surface area contributed by atoms with Crippen LogP contribution in [-0.2, 0) is 9.53 Å². The van der Waals surface area contributed by atoms with E-state index in [1.54, 1.807) is 32.9 Å². The van der Waals surface area contributed by atoms with E-state index in [0.29, 0.717) is 17.2 Å². The third-order valence-electron chi connectivity index (χ3n) is 2.35. The lowest BCUT2D eigenvalue weighted by Gasteiger charge is -2.09. The Kier molecular flexibility index (Phi) is 5.51. The first-order chi connectivity index (χ1) is 8.56. The van der Waals surface area contributed by atoms with E-state index >= 15 is 0 Å². The van der Waals surface area contributed by atoms with Gasteiger partial charge in [-0.1, -0.05) is 6.07 Å². The molecule has 1 heterocycles. The summed E-state index contributed by atoms with van der Waals surface area (Å²) in [7, 11) is 0. The number of hydrogen-bond donors (Lipinski definition) is 1. The lowest BCUT2D eigenvalue weighted by Crippen LogP contribution is -2.25. The zero-order valence-corrected chi connectivity index (χ0v) is 11.4. The maximum atomic E-state index is 11.6. The number of hydrazone groups is 1. The molecule has 0 aliphatic heterocycles. The largest absolute Gasteiger partial charge is 0.465 e. The first kappa shape index (κ1) is 14.4. The summed E-state index contributed by atoms with van der Waals surface area (Å²) in [6.45, 7) is 5.44. The van der Waals surface area contributed by atoms with E-state index in [4.69, 9.17) is 4.74 Å². The highest BCUT2D eigenvalue weighted by Crippen LogP contribution is 2.08.